The molecule has 2 heterocycles. The zero-order valence-corrected chi connectivity index (χ0v) is 18.7. The number of rotatable bonds is 6. The van der Waals surface area contributed by atoms with Crippen LogP contribution in [0.3, 0.4) is 0 Å². The number of nitrogens with zero attached hydrogens (tertiary/aromatic N) is 2. The van der Waals surface area contributed by atoms with Crippen molar-refractivity contribution >= 4 is 18.0 Å². The van der Waals surface area contributed by atoms with E-state index in [1.54, 1.807) is 0 Å². The maximum absolute atomic E-state index is 12.6. The van der Waals surface area contributed by atoms with E-state index in [1.807, 2.05) is 36.4 Å². The van der Waals surface area contributed by atoms with Gasteiger partial charge in [-0.05, 0) is 34.4 Å². The van der Waals surface area contributed by atoms with Gasteiger partial charge in [-0.3, -0.25) is 9.78 Å². The SMILES string of the molecule is O=C(NCc1cc(C(=O)N2CC(O)(C(=O)O)C2)ccn1)OCC1c2ccccc2-c2ccccc21. The minimum absolute atomic E-state index is 0.0480. The molecule has 0 atom stereocenters. The Morgan fingerprint density at radius 3 is 2.29 bits per heavy atom. The number of carboxylic acids is 1. The third-order valence-electron chi connectivity index (χ3n) is 6.41. The molecule has 5 rings (SSSR count). The Balaban J connectivity index is 1.17. The van der Waals surface area contributed by atoms with Crippen molar-refractivity contribution < 1.29 is 29.3 Å². The van der Waals surface area contributed by atoms with Crippen LogP contribution in [0.2, 0.25) is 0 Å². The average molecular weight is 473 g/mol. The van der Waals surface area contributed by atoms with Crippen LogP contribution >= 0.6 is 0 Å². The molecule has 2 aliphatic rings. The quantitative estimate of drug-likeness (QED) is 0.501. The third kappa shape index (κ3) is 4.22. The van der Waals surface area contributed by atoms with Gasteiger partial charge in [0.2, 0.25) is 0 Å². The van der Waals surface area contributed by atoms with Crippen LogP contribution in [0.25, 0.3) is 11.1 Å². The number of pyridine rings is 1. The molecule has 2 amide bonds. The summed E-state index contributed by atoms with van der Waals surface area (Å²) in [7, 11) is 0. The number of amides is 2. The fraction of sp³-hybridized carbons (Fsp3) is 0.231. The molecule has 1 aromatic heterocycles. The standard InChI is InChI=1S/C26H23N3O6/c30-23(29-14-26(34,15-29)24(31)32)16-9-10-27-17(11-16)12-28-25(33)35-13-22-20-7-3-1-5-18(20)19-6-2-4-8-21(19)22/h1-11,22,34H,12-15H2,(H,28,33)(H,31,32). The number of hydrogen-bond donors (Lipinski definition) is 3. The van der Waals surface area contributed by atoms with Crippen LogP contribution in [-0.2, 0) is 16.1 Å². The fourth-order valence-corrected chi connectivity index (χ4v) is 4.57. The van der Waals surface area contributed by atoms with Gasteiger partial charge in [0.1, 0.15) is 6.61 Å². The second-order valence-corrected chi connectivity index (χ2v) is 8.71. The van der Waals surface area contributed by atoms with E-state index in [2.05, 4.69) is 22.4 Å². The van der Waals surface area contributed by atoms with Gasteiger partial charge in [-0.15, -0.1) is 0 Å². The van der Waals surface area contributed by atoms with Crippen LogP contribution in [0.1, 0.15) is 33.1 Å². The zero-order valence-electron chi connectivity index (χ0n) is 18.7. The van der Waals surface area contributed by atoms with Crippen molar-refractivity contribution in [2.75, 3.05) is 19.7 Å². The lowest BCUT2D eigenvalue weighted by Crippen LogP contribution is -2.67. The number of aliphatic carboxylic acids is 1. The normalized spacial score (nSPS) is 15.5. The molecule has 0 unspecified atom stereocenters. The topological polar surface area (TPSA) is 129 Å². The number of alkyl carbamates (subject to hydrolysis) is 1. The van der Waals surface area contributed by atoms with Crippen LogP contribution in [-0.4, -0.2) is 63.4 Å². The van der Waals surface area contributed by atoms with Crippen LogP contribution < -0.4 is 5.32 Å². The third-order valence-corrected chi connectivity index (χ3v) is 6.41. The Kier molecular flexibility index (Phi) is 5.70. The van der Waals surface area contributed by atoms with Gasteiger partial charge in [-0.2, -0.15) is 0 Å². The number of aromatic nitrogens is 1. The van der Waals surface area contributed by atoms with Gasteiger partial charge in [0.05, 0.1) is 25.3 Å². The first-order valence-electron chi connectivity index (χ1n) is 11.1. The smallest absolute Gasteiger partial charge is 0.407 e. The van der Waals surface area contributed by atoms with Crippen molar-refractivity contribution in [2.24, 2.45) is 0 Å². The summed E-state index contributed by atoms with van der Waals surface area (Å²) in [6.45, 7) is -0.322. The van der Waals surface area contributed by atoms with E-state index in [4.69, 9.17) is 9.84 Å². The minimum Gasteiger partial charge on any atom is -0.479 e. The lowest BCUT2D eigenvalue weighted by Gasteiger charge is -2.43. The molecule has 0 radical (unpaired) electrons. The second-order valence-electron chi connectivity index (χ2n) is 8.71. The van der Waals surface area contributed by atoms with E-state index < -0.39 is 23.6 Å². The number of benzene rings is 2. The fourth-order valence-electron chi connectivity index (χ4n) is 4.57. The highest BCUT2D eigenvalue weighted by atomic mass is 16.5. The first-order chi connectivity index (χ1) is 16.9. The molecule has 0 saturated carbocycles. The predicted octanol–water partition coefficient (Wildman–Crippen LogP) is 2.39. The molecule has 0 bridgehead atoms. The van der Waals surface area contributed by atoms with Gasteiger partial charge < -0.3 is 25.2 Å². The van der Waals surface area contributed by atoms with E-state index in [1.165, 1.54) is 23.2 Å². The van der Waals surface area contributed by atoms with Crippen molar-refractivity contribution in [3.05, 3.63) is 89.2 Å². The van der Waals surface area contributed by atoms with Gasteiger partial charge in [-0.1, -0.05) is 48.5 Å². The number of hydrogen-bond acceptors (Lipinski definition) is 6. The van der Waals surface area contributed by atoms with Gasteiger partial charge in [0.15, 0.2) is 5.60 Å². The van der Waals surface area contributed by atoms with Crippen molar-refractivity contribution in [1.29, 1.82) is 0 Å². The molecule has 2 aromatic carbocycles. The van der Waals surface area contributed by atoms with Gasteiger partial charge in [0, 0.05) is 17.7 Å². The molecular formula is C26H23N3O6. The highest BCUT2D eigenvalue weighted by molar-refractivity contribution is 5.96. The van der Waals surface area contributed by atoms with E-state index in [0.717, 1.165) is 22.3 Å². The van der Waals surface area contributed by atoms with E-state index in [9.17, 15) is 19.5 Å². The highest BCUT2D eigenvalue weighted by Crippen LogP contribution is 2.44. The summed E-state index contributed by atoms with van der Waals surface area (Å²) < 4.78 is 5.51. The average Bonchev–Trinajstić information content (AvgIpc) is 3.17. The number of nitrogens with one attached hydrogen (secondary N) is 1. The minimum atomic E-state index is -1.91. The van der Waals surface area contributed by atoms with E-state index in [-0.39, 0.29) is 37.7 Å². The molecule has 0 spiro atoms. The molecule has 1 aliphatic carbocycles. The highest BCUT2D eigenvalue weighted by Gasteiger charge is 2.50. The maximum Gasteiger partial charge on any atom is 0.407 e. The molecular weight excluding hydrogens is 450 g/mol. The van der Waals surface area contributed by atoms with E-state index in [0.29, 0.717) is 5.69 Å². The molecule has 9 heteroatoms. The van der Waals surface area contributed by atoms with Crippen molar-refractivity contribution in [2.45, 2.75) is 18.1 Å². The van der Waals surface area contributed by atoms with E-state index >= 15 is 0 Å². The van der Waals surface area contributed by atoms with Gasteiger partial charge in [0.25, 0.3) is 5.91 Å². The number of ether oxygens (including phenoxy) is 1. The second kappa shape index (κ2) is 8.84. The van der Waals surface area contributed by atoms with Crippen LogP contribution in [0.15, 0.2) is 66.9 Å². The molecule has 3 aromatic rings. The number of aliphatic hydroxyl groups is 1. The lowest BCUT2D eigenvalue weighted by molar-refractivity contribution is -0.173. The summed E-state index contributed by atoms with van der Waals surface area (Å²) in [6.07, 6.45) is 0.838. The molecule has 3 N–H and O–H groups in total. The summed E-state index contributed by atoms with van der Waals surface area (Å²) in [5.41, 5.74) is 3.36. The zero-order chi connectivity index (χ0) is 24.6. The Labute approximate surface area is 201 Å². The lowest BCUT2D eigenvalue weighted by atomic mass is 9.93. The van der Waals surface area contributed by atoms with Crippen molar-refractivity contribution in [3.8, 4) is 11.1 Å². The number of carbonyl (C=O) groups excluding carboxylic acids is 2. The molecule has 1 aliphatic heterocycles. The van der Waals surface area contributed by atoms with Crippen LogP contribution in [0.5, 0.6) is 0 Å². The van der Waals surface area contributed by atoms with Crippen molar-refractivity contribution in [3.63, 3.8) is 0 Å². The first-order valence-corrected chi connectivity index (χ1v) is 11.1. The number of fused-ring (bicyclic) bond motifs is 3. The summed E-state index contributed by atoms with van der Waals surface area (Å²) in [5, 5.41) is 21.5. The molecule has 35 heavy (non-hydrogen) atoms. The number of carboxylic acid groups (broad SMARTS) is 1. The Bertz CT molecular complexity index is 1270. The molecule has 1 saturated heterocycles. The van der Waals surface area contributed by atoms with Gasteiger partial charge >= 0.3 is 12.1 Å². The summed E-state index contributed by atoms with van der Waals surface area (Å²) in [4.78, 5) is 41.4. The summed E-state index contributed by atoms with van der Waals surface area (Å²) in [5.74, 6) is -1.82. The van der Waals surface area contributed by atoms with Gasteiger partial charge in [-0.25, -0.2) is 9.59 Å². The molecule has 9 nitrogen and oxygen atoms in total. The Hall–Kier alpha value is -4.24. The first kappa shape index (κ1) is 22.5. The number of likely N-dealkylation sites (tertiary alicyclic amines) is 1. The largest absolute Gasteiger partial charge is 0.479 e. The van der Waals surface area contributed by atoms with Crippen LogP contribution in [0, 0.1) is 0 Å². The number of β-amino-alcohol motifs (C(OH)–C–C–N with tert-alkyl or cyclic N) is 1. The Morgan fingerprint density at radius 2 is 1.66 bits per heavy atom. The summed E-state index contributed by atoms with van der Waals surface area (Å²) >= 11 is 0. The maximum atomic E-state index is 12.6. The molecule has 1 fully saturated rings. The predicted molar refractivity (Wildman–Crippen MR) is 125 cm³/mol. The van der Waals surface area contributed by atoms with Crippen molar-refractivity contribution in [1.82, 2.24) is 15.2 Å². The monoisotopic (exact) mass is 473 g/mol. The Morgan fingerprint density at radius 1 is 1.03 bits per heavy atom. The van der Waals surface area contributed by atoms with Crippen LogP contribution in [0.4, 0.5) is 4.79 Å². The molecule has 178 valence electrons. The number of carbonyl (C=O) groups is 3. The summed E-state index contributed by atoms with van der Waals surface area (Å²) in [6, 6.07) is 19.2.